The molecular formula is C50H35NO. The molecule has 246 valence electrons. The quantitative estimate of drug-likeness (QED) is 0.161. The van der Waals surface area contributed by atoms with Gasteiger partial charge in [-0.25, -0.2) is 0 Å². The molecule has 0 bridgehead atoms. The Morgan fingerprint density at radius 3 is 1.92 bits per heavy atom. The summed E-state index contributed by atoms with van der Waals surface area (Å²) >= 11 is 0. The molecule has 9 rings (SSSR count). The molecule has 52 heavy (non-hydrogen) atoms. The number of furan rings is 1. The monoisotopic (exact) mass is 665 g/mol. The van der Waals surface area contributed by atoms with E-state index in [1.807, 2.05) is 0 Å². The van der Waals surface area contributed by atoms with Crippen LogP contribution in [0.15, 0.2) is 193 Å². The number of hydrogen-bond donors (Lipinski definition) is 0. The summed E-state index contributed by atoms with van der Waals surface area (Å²) < 4.78 is 6.43. The second kappa shape index (κ2) is 13.4. The maximum absolute atomic E-state index is 6.43. The first kappa shape index (κ1) is 31.1. The standard InChI is InChI=1S/C50H35NO/c1-2-49-45(46-33-29-38-17-8-10-21-44(38)50(46)52-49)32-30-40-18-9-12-22-47(40)51(42-31-28-36-16-6-7-19-41(36)34-42)48-23-13-11-20-43(48)39-26-24-37(25-27-39)35-14-4-3-5-15-35/h2-34H,1H2/b32-30+. The molecule has 0 aliphatic heterocycles. The molecule has 0 radical (unpaired) electrons. The summed E-state index contributed by atoms with van der Waals surface area (Å²) in [5, 5.41) is 5.72. The average Bonchev–Trinajstić information content (AvgIpc) is 3.59. The fourth-order valence-corrected chi connectivity index (χ4v) is 7.30. The molecule has 0 aliphatic carbocycles. The second-order valence-corrected chi connectivity index (χ2v) is 13.0. The Morgan fingerprint density at radius 1 is 0.462 bits per heavy atom. The lowest BCUT2D eigenvalue weighted by molar-refractivity contribution is 0.607. The summed E-state index contributed by atoms with van der Waals surface area (Å²) in [6.07, 6.45) is 6.18. The Labute approximate surface area is 303 Å². The number of fused-ring (bicyclic) bond motifs is 4. The highest BCUT2D eigenvalue weighted by Crippen LogP contribution is 2.44. The lowest BCUT2D eigenvalue weighted by atomic mass is 9.97. The zero-order valence-corrected chi connectivity index (χ0v) is 28.6. The van der Waals surface area contributed by atoms with Crippen molar-refractivity contribution >= 4 is 67.8 Å². The van der Waals surface area contributed by atoms with Gasteiger partial charge >= 0.3 is 0 Å². The first-order valence-electron chi connectivity index (χ1n) is 17.6. The van der Waals surface area contributed by atoms with Crippen LogP contribution in [0.3, 0.4) is 0 Å². The molecule has 0 spiro atoms. The normalized spacial score (nSPS) is 11.5. The highest BCUT2D eigenvalue weighted by atomic mass is 16.3. The lowest BCUT2D eigenvalue weighted by Gasteiger charge is -2.29. The molecule has 9 aromatic rings. The van der Waals surface area contributed by atoms with Crippen LogP contribution in [0, 0.1) is 0 Å². The van der Waals surface area contributed by atoms with Gasteiger partial charge in [0.15, 0.2) is 0 Å². The summed E-state index contributed by atoms with van der Waals surface area (Å²) in [7, 11) is 0. The van der Waals surface area contributed by atoms with Gasteiger partial charge < -0.3 is 9.32 Å². The van der Waals surface area contributed by atoms with Crippen LogP contribution in [0.2, 0.25) is 0 Å². The van der Waals surface area contributed by atoms with E-state index in [9.17, 15) is 0 Å². The van der Waals surface area contributed by atoms with Crippen molar-refractivity contribution in [3.05, 3.63) is 205 Å². The minimum absolute atomic E-state index is 0.760. The first-order valence-corrected chi connectivity index (χ1v) is 17.6. The van der Waals surface area contributed by atoms with Crippen LogP contribution in [0.4, 0.5) is 17.1 Å². The Hall–Kier alpha value is -6.90. The highest BCUT2D eigenvalue weighted by Gasteiger charge is 2.20. The Balaban J connectivity index is 1.20. The van der Waals surface area contributed by atoms with E-state index in [-0.39, 0.29) is 0 Å². The van der Waals surface area contributed by atoms with Crippen molar-refractivity contribution in [1.82, 2.24) is 0 Å². The fourth-order valence-electron chi connectivity index (χ4n) is 7.30. The third kappa shape index (κ3) is 5.67. The van der Waals surface area contributed by atoms with E-state index in [1.165, 1.54) is 21.9 Å². The number of nitrogens with zero attached hydrogens (tertiary/aromatic N) is 1. The van der Waals surface area contributed by atoms with Crippen molar-refractivity contribution in [2.75, 3.05) is 4.90 Å². The van der Waals surface area contributed by atoms with Crippen LogP contribution < -0.4 is 4.90 Å². The SMILES string of the molecule is C=Cc1oc2c(ccc3ccccc32)c1/C=C/c1ccccc1N(c1ccc2ccccc2c1)c1ccccc1-c1ccc(-c2ccccc2)cc1. The summed E-state index contributed by atoms with van der Waals surface area (Å²) in [4.78, 5) is 2.39. The molecule has 0 fully saturated rings. The molecule has 0 aliphatic rings. The van der Waals surface area contributed by atoms with E-state index < -0.39 is 0 Å². The molecule has 0 saturated carbocycles. The van der Waals surface area contributed by atoms with Crippen LogP contribution in [-0.2, 0) is 0 Å². The predicted molar refractivity (Wildman–Crippen MR) is 222 cm³/mol. The largest absolute Gasteiger partial charge is 0.455 e. The number of hydrogen-bond acceptors (Lipinski definition) is 2. The lowest BCUT2D eigenvalue weighted by Crippen LogP contribution is -2.12. The van der Waals surface area contributed by atoms with Gasteiger partial charge in [-0.2, -0.15) is 0 Å². The van der Waals surface area contributed by atoms with E-state index in [4.69, 9.17) is 4.42 Å². The Bertz CT molecular complexity index is 2750. The van der Waals surface area contributed by atoms with Gasteiger partial charge in [-0.3, -0.25) is 0 Å². The van der Waals surface area contributed by atoms with E-state index in [1.54, 1.807) is 6.08 Å². The molecule has 0 atom stereocenters. The summed E-state index contributed by atoms with van der Waals surface area (Å²) in [5.74, 6) is 0.760. The molecule has 2 heteroatoms. The third-order valence-corrected chi connectivity index (χ3v) is 9.88. The maximum atomic E-state index is 6.43. The zero-order valence-electron chi connectivity index (χ0n) is 28.6. The van der Waals surface area contributed by atoms with Gasteiger partial charge in [0.1, 0.15) is 11.3 Å². The first-order chi connectivity index (χ1) is 25.7. The Morgan fingerprint density at radius 2 is 1.10 bits per heavy atom. The van der Waals surface area contributed by atoms with Crippen LogP contribution in [0.1, 0.15) is 16.9 Å². The van der Waals surface area contributed by atoms with Gasteiger partial charge in [0, 0.05) is 27.6 Å². The third-order valence-electron chi connectivity index (χ3n) is 9.88. The molecule has 0 saturated heterocycles. The number of rotatable bonds is 8. The zero-order chi connectivity index (χ0) is 34.9. The summed E-state index contributed by atoms with van der Waals surface area (Å²) in [6, 6.07) is 64.7. The summed E-state index contributed by atoms with van der Waals surface area (Å²) in [6.45, 7) is 4.10. The molecule has 1 aromatic heterocycles. The van der Waals surface area contributed by atoms with Gasteiger partial charge in [0.25, 0.3) is 0 Å². The molecule has 8 aromatic carbocycles. The van der Waals surface area contributed by atoms with Gasteiger partial charge in [0.2, 0.25) is 0 Å². The van der Waals surface area contributed by atoms with Crippen molar-refractivity contribution < 1.29 is 4.42 Å². The van der Waals surface area contributed by atoms with Crippen LogP contribution in [-0.4, -0.2) is 0 Å². The van der Waals surface area contributed by atoms with E-state index in [2.05, 4.69) is 206 Å². The average molecular weight is 666 g/mol. The Kier molecular flexibility index (Phi) is 8.03. The van der Waals surface area contributed by atoms with Crippen molar-refractivity contribution in [2.24, 2.45) is 0 Å². The van der Waals surface area contributed by atoms with E-state index in [0.29, 0.717) is 0 Å². The molecular weight excluding hydrogens is 631 g/mol. The van der Waals surface area contributed by atoms with Gasteiger partial charge in [-0.05, 0) is 80.9 Å². The highest BCUT2D eigenvalue weighted by molar-refractivity contribution is 6.09. The summed E-state index contributed by atoms with van der Waals surface area (Å²) in [5.41, 5.74) is 10.9. The van der Waals surface area contributed by atoms with E-state index in [0.717, 1.165) is 66.8 Å². The molecule has 0 unspecified atom stereocenters. The maximum Gasteiger partial charge on any atom is 0.143 e. The smallest absolute Gasteiger partial charge is 0.143 e. The van der Waals surface area contributed by atoms with Crippen molar-refractivity contribution in [3.63, 3.8) is 0 Å². The molecule has 0 amide bonds. The second-order valence-electron chi connectivity index (χ2n) is 13.0. The minimum atomic E-state index is 0.760. The topological polar surface area (TPSA) is 16.4 Å². The van der Waals surface area contributed by atoms with Crippen molar-refractivity contribution in [2.45, 2.75) is 0 Å². The van der Waals surface area contributed by atoms with Gasteiger partial charge in [-0.1, -0.05) is 164 Å². The van der Waals surface area contributed by atoms with E-state index >= 15 is 0 Å². The molecule has 2 nitrogen and oxygen atoms in total. The predicted octanol–water partition coefficient (Wildman–Crippen LogP) is 14.4. The minimum Gasteiger partial charge on any atom is -0.455 e. The van der Waals surface area contributed by atoms with Crippen LogP contribution >= 0.6 is 0 Å². The fraction of sp³-hybridized carbons (Fsp3) is 0. The van der Waals surface area contributed by atoms with Gasteiger partial charge in [-0.15, -0.1) is 0 Å². The van der Waals surface area contributed by atoms with Crippen LogP contribution in [0.25, 0.3) is 73.0 Å². The van der Waals surface area contributed by atoms with Crippen molar-refractivity contribution in [1.29, 1.82) is 0 Å². The number of anilines is 3. The molecule has 0 N–H and O–H groups in total. The number of para-hydroxylation sites is 2. The van der Waals surface area contributed by atoms with Crippen LogP contribution in [0.5, 0.6) is 0 Å². The molecule has 1 heterocycles. The van der Waals surface area contributed by atoms with Gasteiger partial charge in [0.05, 0.1) is 11.4 Å². The number of benzene rings is 8. The van der Waals surface area contributed by atoms with Crippen molar-refractivity contribution in [3.8, 4) is 22.3 Å².